The van der Waals surface area contributed by atoms with Crippen LogP contribution in [0.3, 0.4) is 0 Å². The largest absolute Gasteiger partial charge is 0.417 e. The lowest BCUT2D eigenvalue weighted by molar-refractivity contribution is -0.244. The molecule has 29 heavy (non-hydrogen) atoms. The number of anilines is 1. The van der Waals surface area contributed by atoms with Gasteiger partial charge in [0.2, 0.25) is 17.6 Å². The summed E-state index contributed by atoms with van der Waals surface area (Å²) < 4.78 is 45.5. The van der Waals surface area contributed by atoms with E-state index in [1.807, 2.05) is 0 Å². The molecular formula is C18H14ClF3N2O5. The van der Waals surface area contributed by atoms with E-state index in [1.54, 1.807) is 0 Å². The van der Waals surface area contributed by atoms with Gasteiger partial charge < -0.3 is 14.9 Å². The summed E-state index contributed by atoms with van der Waals surface area (Å²) in [5.41, 5.74) is -5.88. The summed E-state index contributed by atoms with van der Waals surface area (Å²) in [5, 5.41) is 28.3. The van der Waals surface area contributed by atoms with Crippen LogP contribution in [0.2, 0.25) is 0 Å². The fourth-order valence-electron chi connectivity index (χ4n) is 4.81. The molecule has 3 aliphatic heterocycles. The van der Waals surface area contributed by atoms with Crippen LogP contribution >= 0.6 is 11.6 Å². The summed E-state index contributed by atoms with van der Waals surface area (Å²) in [6.07, 6.45) is -4.88. The first-order chi connectivity index (χ1) is 13.2. The van der Waals surface area contributed by atoms with Crippen LogP contribution in [-0.2, 0) is 20.5 Å². The zero-order valence-corrected chi connectivity index (χ0v) is 15.7. The van der Waals surface area contributed by atoms with Gasteiger partial charge in [-0.3, -0.25) is 9.59 Å². The third-order valence-electron chi connectivity index (χ3n) is 6.22. The molecule has 3 saturated heterocycles. The van der Waals surface area contributed by atoms with Gasteiger partial charge >= 0.3 is 6.18 Å². The highest BCUT2D eigenvalue weighted by atomic mass is 35.5. The quantitative estimate of drug-likeness (QED) is 0.397. The number of nitrogens with zero attached hydrogens (tertiary/aromatic N) is 2. The van der Waals surface area contributed by atoms with E-state index in [0.717, 1.165) is 12.1 Å². The van der Waals surface area contributed by atoms with Gasteiger partial charge in [-0.15, -0.1) is 11.6 Å². The fraction of sp³-hybridized carbons (Fsp3) is 0.500. The molecule has 5 atom stereocenters. The second kappa shape index (κ2) is 5.49. The first kappa shape index (κ1) is 20.1. The van der Waals surface area contributed by atoms with Gasteiger partial charge in [-0.2, -0.15) is 18.4 Å². The van der Waals surface area contributed by atoms with E-state index in [-0.39, 0.29) is 5.69 Å². The number of halogens is 4. The Morgan fingerprint density at radius 2 is 1.79 bits per heavy atom. The number of nitriles is 1. The molecule has 11 heteroatoms. The van der Waals surface area contributed by atoms with Gasteiger partial charge in [0, 0.05) is 0 Å². The maximum absolute atomic E-state index is 13.3. The van der Waals surface area contributed by atoms with Crippen molar-refractivity contribution in [3.05, 3.63) is 29.3 Å². The van der Waals surface area contributed by atoms with Crippen molar-refractivity contribution in [2.75, 3.05) is 4.90 Å². The van der Waals surface area contributed by atoms with Gasteiger partial charge in [-0.25, -0.2) is 4.90 Å². The van der Waals surface area contributed by atoms with E-state index in [4.69, 9.17) is 21.6 Å². The standard InChI is InChI=1S/C18H14ClF3N2O5/c1-15-10-11(16(2,29-15)17(27,28)14(15)19)13(26)24(12(10)25)8-4-3-7(6-23)9(5-8)18(20,21)22/h3-5,10-11,14,27-28H,1-2H3/t10-,11+,14+,15?,16?/m0/s1. The third kappa shape index (κ3) is 2.19. The molecule has 0 aromatic heterocycles. The Kier molecular flexibility index (Phi) is 3.80. The van der Waals surface area contributed by atoms with Crippen molar-refractivity contribution in [1.29, 1.82) is 5.26 Å². The second-order valence-electron chi connectivity index (χ2n) is 7.79. The van der Waals surface area contributed by atoms with Crippen molar-refractivity contribution in [2.45, 2.75) is 42.4 Å². The number of carbonyl (C=O) groups is 2. The van der Waals surface area contributed by atoms with E-state index in [1.165, 1.54) is 19.9 Å². The van der Waals surface area contributed by atoms with Crippen LogP contribution in [0, 0.1) is 23.2 Å². The van der Waals surface area contributed by atoms with Crippen molar-refractivity contribution in [3.63, 3.8) is 0 Å². The van der Waals surface area contributed by atoms with Crippen molar-refractivity contribution in [3.8, 4) is 6.07 Å². The highest BCUT2D eigenvalue weighted by Gasteiger charge is 2.84. The van der Waals surface area contributed by atoms with E-state index in [2.05, 4.69) is 0 Å². The molecule has 4 rings (SSSR count). The molecular weight excluding hydrogens is 417 g/mol. The van der Waals surface area contributed by atoms with Crippen LogP contribution in [0.15, 0.2) is 18.2 Å². The van der Waals surface area contributed by atoms with Gasteiger partial charge in [0.15, 0.2) is 0 Å². The van der Waals surface area contributed by atoms with Gasteiger partial charge in [-0.1, -0.05) is 0 Å². The van der Waals surface area contributed by atoms with E-state index >= 15 is 0 Å². The molecule has 3 heterocycles. The number of rotatable bonds is 1. The average molecular weight is 431 g/mol. The number of ether oxygens (including phenoxy) is 1. The minimum Gasteiger partial charge on any atom is -0.362 e. The summed E-state index contributed by atoms with van der Waals surface area (Å²) in [6, 6.07) is 3.90. The SMILES string of the molecule is CC12OC(C)([C@H]3C(=O)N(c4ccc(C#N)c(C(F)(F)F)c4)C(=O)[C@H]31)C(O)(O)[C@@H]2Cl. The summed E-state index contributed by atoms with van der Waals surface area (Å²) in [7, 11) is 0. The van der Waals surface area contributed by atoms with Gasteiger partial charge in [0.05, 0.1) is 34.7 Å². The Morgan fingerprint density at radius 3 is 2.34 bits per heavy atom. The Balaban J connectivity index is 1.84. The van der Waals surface area contributed by atoms with Crippen LogP contribution in [0.4, 0.5) is 18.9 Å². The molecule has 0 radical (unpaired) electrons. The third-order valence-corrected chi connectivity index (χ3v) is 6.96. The van der Waals surface area contributed by atoms with E-state index in [9.17, 15) is 33.0 Å². The van der Waals surface area contributed by atoms with Crippen LogP contribution in [-0.4, -0.2) is 44.4 Å². The van der Waals surface area contributed by atoms with Gasteiger partial charge in [-0.05, 0) is 32.0 Å². The number of imide groups is 1. The molecule has 3 fully saturated rings. The van der Waals surface area contributed by atoms with E-state index in [0.29, 0.717) is 11.0 Å². The van der Waals surface area contributed by atoms with Crippen molar-refractivity contribution < 1.29 is 37.7 Å². The number of carbonyl (C=O) groups excluding carboxylic acids is 2. The Labute approximate surface area is 167 Å². The highest BCUT2D eigenvalue weighted by Crippen LogP contribution is 2.65. The monoisotopic (exact) mass is 430 g/mol. The molecule has 2 amide bonds. The van der Waals surface area contributed by atoms with Crippen LogP contribution in [0.1, 0.15) is 25.0 Å². The van der Waals surface area contributed by atoms with Crippen LogP contribution in [0.5, 0.6) is 0 Å². The molecule has 2 bridgehead atoms. The van der Waals surface area contributed by atoms with Crippen LogP contribution < -0.4 is 4.90 Å². The van der Waals surface area contributed by atoms with E-state index < -0.39 is 63.3 Å². The number of fused-ring (bicyclic) bond motifs is 5. The second-order valence-corrected chi connectivity index (χ2v) is 8.22. The molecule has 7 nitrogen and oxygen atoms in total. The topological polar surface area (TPSA) is 111 Å². The van der Waals surface area contributed by atoms with Crippen LogP contribution in [0.25, 0.3) is 0 Å². The first-order valence-electron chi connectivity index (χ1n) is 8.50. The smallest absolute Gasteiger partial charge is 0.362 e. The van der Waals surface area contributed by atoms with Gasteiger partial charge in [0.25, 0.3) is 0 Å². The molecule has 2 N–H and O–H groups in total. The highest BCUT2D eigenvalue weighted by molar-refractivity contribution is 6.27. The molecule has 154 valence electrons. The normalized spacial score (nSPS) is 37.8. The summed E-state index contributed by atoms with van der Waals surface area (Å²) >= 11 is 6.14. The predicted octanol–water partition coefficient (Wildman–Crippen LogP) is 1.53. The molecule has 0 aliphatic carbocycles. The average Bonchev–Trinajstić information content (AvgIpc) is 3.09. The Bertz CT molecular complexity index is 1010. The molecule has 0 saturated carbocycles. The fourth-order valence-corrected chi connectivity index (χ4v) is 5.20. The predicted molar refractivity (Wildman–Crippen MR) is 90.3 cm³/mol. The van der Waals surface area contributed by atoms with Gasteiger partial charge in [0.1, 0.15) is 16.6 Å². The molecule has 1 aromatic rings. The number of aliphatic hydroxyl groups is 2. The number of benzene rings is 1. The molecule has 1 aromatic carbocycles. The maximum Gasteiger partial charge on any atom is 0.417 e. The lowest BCUT2D eigenvalue weighted by Gasteiger charge is -2.41. The lowest BCUT2D eigenvalue weighted by atomic mass is 9.65. The van der Waals surface area contributed by atoms with Crippen molar-refractivity contribution in [1.82, 2.24) is 0 Å². The van der Waals surface area contributed by atoms with Crippen molar-refractivity contribution >= 4 is 29.1 Å². The molecule has 0 spiro atoms. The Morgan fingerprint density at radius 1 is 1.21 bits per heavy atom. The minimum atomic E-state index is -4.88. The summed E-state index contributed by atoms with van der Waals surface area (Å²) in [5.74, 6) is -6.99. The number of amides is 2. The maximum atomic E-state index is 13.3. The first-order valence-corrected chi connectivity index (χ1v) is 8.93. The Hall–Kier alpha value is -2.19. The summed E-state index contributed by atoms with van der Waals surface area (Å²) in [4.78, 5) is 26.7. The number of hydrogen-bond donors (Lipinski definition) is 2. The van der Waals surface area contributed by atoms with Crippen molar-refractivity contribution in [2.24, 2.45) is 11.8 Å². The number of hydrogen-bond acceptors (Lipinski definition) is 6. The lowest BCUT2D eigenvalue weighted by Crippen LogP contribution is -2.64. The number of alkyl halides is 4. The zero-order valence-electron chi connectivity index (χ0n) is 15.0. The minimum absolute atomic E-state index is 0.375. The zero-order chi connectivity index (χ0) is 21.7. The molecule has 2 unspecified atom stereocenters. The molecule has 3 aliphatic rings. The summed E-state index contributed by atoms with van der Waals surface area (Å²) in [6.45, 7) is 2.59.